The second-order valence-electron chi connectivity index (χ2n) is 5.21. The quantitative estimate of drug-likeness (QED) is 0.847. The highest BCUT2D eigenvalue weighted by Gasteiger charge is 2.10. The van der Waals surface area contributed by atoms with Gasteiger partial charge in [0.15, 0.2) is 0 Å². The number of rotatable bonds is 5. The molecule has 0 amide bonds. The summed E-state index contributed by atoms with van der Waals surface area (Å²) in [5, 5.41) is 12.9. The van der Waals surface area contributed by atoms with E-state index in [1.807, 2.05) is 18.2 Å². The monoisotopic (exact) mass is 333 g/mol. The number of aromatic hydroxyl groups is 1. The molecule has 0 saturated carbocycles. The van der Waals surface area contributed by atoms with Crippen LogP contribution < -0.4 is 5.32 Å². The summed E-state index contributed by atoms with van der Waals surface area (Å²) in [6.45, 7) is 4.36. The van der Waals surface area contributed by atoms with Crippen molar-refractivity contribution >= 4 is 15.9 Å². The molecule has 0 aromatic heterocycles. The lowest BCUT2D eigenvalue weighted by Crippen LogP contribution is -2.30. The van der Waals surface area contributed by atoms with E-state index in [2.05, 4.69) is 53.3 Å². The smallest absolute Gasteiger partial charge is 0.115 e. The maximum atomic E-state index is 9.29. The van der Waals surface area contributed by atoms with Crippen molar-refractivity contribution in [1.82, 2.24) is 5.32 Å². The normalized spacial score (nSPS) is 13.9. The molecule has 2 aromatic rings. The molecule has 0 fully saturated rings. The Bertz CT molecular complexity index is 553. The molecular formula is C17H20BrNO. The summed E-state index contributed by atoms with van der Waals surface area (Å²) >= 11 is 3.51. The van der Waals surface area contributed by atoms with Crippen molar-refractivity contribution in [3.05, 3.63) is 64.1 Å². The molecule has 2 N–H and O–H groups in total. The van der Waals surface area contributed by atoms with Gasteiger partial charge in [0.05, 0.1) is 0 Å². The average Bonchev–Trinajstić information content (AvgIpc) is 2.41. The van der Waals surface area contributed by atoms with Crippen LogP contribution in [0.1, 0.15) is 31.0 Å². The molecule has 0 radical (unpaired) electrons. The van der Waals surface area contributed by atoms with Crippen molar-refractivity contribution in [2.75, 3.05) is 0 Å². The van der Waals surface area contributed by atoms with Gasteiger partial charge in [-0.3, -0.25) is 0 Å². The molecule has 0 spiro atoms. The number of halogens is 1. The van der Waals surface area contributed by atoms with Gasteiger partial charge in [-0.25, -0.2) is 0 Å². The maximum Gasteiger partial charge on any atom is 0.115 e. The first kappa shape index (κ1) is 15.1. The molecule has 2 aromatic carbocycles. The molecule has 0 heterocycles. The van der Waals surface area contributed by atoms with E-state index >= 15 is 0 Å². The van der Waals surface area contributed by atoms with Gasteiger partial charge in [-0.05, 0) is 55.7 Å². The van der Waals surface area contributed by atoms with Crippen LogP contribution in [0.5, 0.6) is 5.75 Å². The van der Waals surface area contributed by atoms with Crippen LogP contribution >= 0.6 is 15.9 Å². The van der Waals surface area contributed by atoms with Gasteiger partial charge < -0.3 is 10.4 Å². The first-order valence-corrected chi connectivity index (χ1v) is 7.63. The molecule has 0 saturated heterocycles. The summed E-state index contributed by atoms with van der Waals surface area (Å²) in [6.07, 6.45) is 0.943. The molecular weight excluding hydrogens is 314 g/mol. The minimum Gasteiger partial charge on any atom is -0.508 e. The first-order valence-electron chi connectivity index (χ1n) is 6.84. The fraction of sp³-hybridized carbons (Fsp3) is 0.294. The van der Waals surface area contributed by atoms with Crippen molar-refractivity contribution in [2.45, 2.75) is 32.4 Å². The molecule has 2 atom stereocenters. The zero-order valence-corrected chi connectivity index (χ0v) is 13.4. The van der Waals surface area contributed by atoms with Crippen LogP contribution in [0.4, 0.5) is 0 Å². The largest absolute Gasteiger partial charge is 0.508 e. The molecule has 106 valence electrons. The summed E-state index contributed by atoms with van der Waals surface area (Å²) in [4.78, 5) is 0. The number of phenols is 1. The third kappa shape index (κ3) is 4.36. The van der Waals surface area contributed by atoms with Gasteiger partial charge in [0.25, 0.3) is 0 Å². The van der Waals surface area contributed by atoms with Crippen molar-refractivity contribution in [1.29, 1.82) is 0 Å². The van der Waals surface area contributed by atoms with E-state index < -0.39 is 0 Å². The van der Waals surface area contributed by atoms with Gasteiger partial charge in [-0.15, -0.1) is 0 Å². The topological polar surface area (TPSA) is 32.3 Å². The highest BCUT2D eigenvalue weighted by molar-refractivity contribution is 9.10. The standard InChI is InChI=1S/C17H20BrNO/c1-12(10-14-6-8-17(20)9-7-14)19-13(2)15-4-3-5-16(18)11-15/h3-9,11-13,19-20H,10H2,1-2H3/t12?,13-/m0/s1. The van der Waals surface area contributed by atoms with Gasteiger partial charge in [-0.1, -0.05) is 40.2 Å². The van der Waals surface area contributed by atoms with Crippen LogP contribution in [0.3, 0.4) is 0 Å². The molecule has 0 aliphatic heterocycles. The molecule has 2 nitrogen and oxygen atoms in total. The van der Waals surface area contributed by atoms with Crippen molar-refractivity contribution in [3.63, 3.8) is 0 Å². The number of hydrogen-bond donors (Lipinski definition) is 2. The Kier molecular flexibility index (Phi) is 5.21. The van der Waals surface area contributed by atoms with Gasteiger partial charge in [0, 0.05) is 16.6 Å². The van der Waals surface area contributed by atoms with Gasteiger partial charge in [-0.2, -0.15) is 0 Å². The molecule has 0 bridgehead atoms. The first-order chi connectivity index (χ1) is 9.54. The molecule has 0 aliphatic rings. The summed E-state index contributed by atoms with van der Waals surface area (Å²) < 4.78 is 1.11. The number of benzene rings is 2. The van der Waals surface area contributed by atoms with E-state index in [9.17, 15) is 5.11 Å². The molecule has 3 heteroatoms. The minimum absolute atomic E-state index is 0.305. The summed E-state index contributed by atoms with van der Waals surface area (Å²) in [7, 11) is 0. The Morgan fingerprint density at radius 1 is 1.10 bits per heavy atom. The molecule has 20 heavy (non-hydrogen) atoms. The summed E-state index contributed by atoms with van der Waals surface area (Å²) in [5.41, 5.74) is 2.50. The zero-order chi connectivity index (χ0) is 14.5. The number of phenolic OH excluding ortho intramolecular Hbond substituents is 1. The molecule has 0 aliphatic carbocycles. The van der Waals surface area contributed by atoms with Crippen molar-refractivity contribution in [3.8, 4) is 5.75 Å². The lowest BCUT2D eigenvalue weighted by molar-refractivity contribution is 0.470. The molecule has 2 rings (SSSR count). The third-order valence-electron chi connectivity index (χ3n) is 3.36. The van der Waals surface area contributed by atoms with Crippen LogP contribution in [0.15, 0.2) is 53.0 Å². The van der Waals surface area contributed by atoms with Gasteiger partial charge in [0.2, 0.25) is 0 Å². The van der Waals surface area contributed by atoms with Crippen LogP contribution in [-0.4, -0.2) is 11.1 Å². The van der Waals surface area contributed by atoms with E-state index in [1.165, 1.54) is 11.1 Å². The predicted octanol–water partition coefficient (Wildman–Crippen LogP) is 4.44. The predicted molar refractivity (Wildman–Crippen MR) is 87.0 cm³/mol. The number of nitrogens with one attached hydrogen (secondary N) is 1. The van der Waals surface area contributed by atoms with E-state index in [4.69, 9.17) is 0 Å². The van der Waals surface area contributed by atoms with Crippen LogP contribution in [0.2, 0.25) is 0 Å². The van der Waals surface area contributed by atoms with Crippen molar-refractivity contribution < 1.29 is 5.11 Å². The van der Waals surface area contributed by atoms with Crippen LogP contribution in [0.25, 0.3) is 0 Å². The van der Waals surface area contributed by atoms with Crippen LogP contribution in [-0.2, 0) is 6.42 Å². The third-order valence-corrected chi connectivity index (χ3v) is 3.85. The van der Waals surface area contributed by atoms with Crippen LogP contribution in [0, 0.1) is 0 Å². The fourth-order valence-electron chi connectivity index (χ4n) is 2.34. The number of hydrogen-bond acceptors (Lipinski definition) is 2. The van der Waals surface area contributed by atoms with Gasteiger partial charge in [0.1, 0.15) is 5.75 Å². The van der Waals surface area contributed by atoms with E-state index in [0.29, 0.717) is 17.8 Å². The Labute approximate surface area is 129 Å². The molecule has 1 unspecified atom stereocenters. The lowest BCUT2D eigenvalue weighted by Gasteiger charge is -2.20. The minimum atomic E-state index is 0.305. The summed E-state index contributed by atoms with van der Waals surface area (Å²) in [5.74, 6) is 0.317. The summed E-state index contributed by atoms with van der Waals surface area (Å²) in [6, 6.07) is 16.5. The van der Waals surface area contributed by atoms with E-state index in [-0.39, 0.29) is 0 Å². The highest BCUT2D eigenvalue weighted by Crippen LogP contribution is 2.19. The maximum absolute atomic E-state index is 9.29. The second kappa shape index (κ2) is 6.91. The Balaban J connectivity index is 1.93. The lowest BCUT2D eigenvalue weighted by atomic mass is 10.0. The fourth-order valence-corrected chi connectivity index (χ4v) is 2.76. The average molecular weight is 334 g/mol. The Morgan fingerprint density at radius 2 is 1.80 bits per heavy atom. The van der Waals surface area contributed by atoms with Gasteiger partial charge >= 0.3 is 0 Å². The van der Waals surface area contributed by atoms with E-state index in [0.717, 1.165) is 10.9 Å². The Hall–Kier alpha value is -1.32. The second-order valence-corrected chi connectivity index (χ2v) is 6.13. The van der Waals surface area contributed by atoms with Crippen molar-refractivity contribution in [2.24, 2.45) is 0 Å². The van der Waals surface area contributed by atoms with E-state index in [1.54, 1.807) is 12.1 Å². The SMILES string of the molecule is CC(Cc1ccc(O)cc1)N[C@@H](C)c1cccc(Br)c1. The zero-order valence-electron chi connectivity index (χ0n) is 11.8. The Morgan fingerprint density at radius 3 is 2.45 bits per heavy atom. The highest BCUT2D eigenvalue weighted by atomic mass is 79.9.